The molecular formula is C12H18BrNS. The fourth-order valence-electron chi connectivity index (χ4n) is 1.91. The lowest BCUT2D eigenvalue weighted by atomic mass is 10.1. The van der Waals surface area contributed by atoms with Crippen LogP contribution >= 0.6 is 27.3 Å². The van der Waals surface area contributed by atoms with Crippen molar-refractivity contribution >= 4 is 27.3 Å². The zero-order valence-electron chi connectivity index (χ0n) is 9.13. The Bertz CT molecular complexity index is 306. The Morgan fingerprint density at radius 2 is 2.40 bits per heavy atom. The molecule has 1 aromatic heterocycles. The van der Waals surface area contributed by atoms with Gasteiger partial charge in [-0.2, -0.15) is 0 Å². The third kappa shape index (κ3) is 3.58. The molecule has 1 N–H and O–H groups in total. The summed E-state index contributed by atoms with van der Waals surface area (Å²) in [6.07, 6.45) is 5.29. The van der Waals surface area contributed by atoms with Gasteiger partial charge in [-0.05, 0) is 60.1 Å². The van der Waals surface area contributed by atoms with Crippen molar-refractivity contribution in [2.24, 2.45) is 5.92 Å². The molecule has 1 fully saturated rings. The molecule has 1 aromatic rings. The van der Waals surface area contributed by atoms with Crippen LogP contribution in [-0.4, -0.2) is 12.6 Å². The molecule has 1 aliphatic carbocycles. The summed E-state index contributed by atoms with van der Waals surface area (Å²) in [5.74, 6) is 0.942. The van der Waals surface area contributed by atoms with E-state index in [0.717, 1.165) is 18.5 Å². The van der Waals surface area contributed by atoms with Gasteiger partial charge >= 0.3 is 0 Å². The SMILES string of the molecule is CCCNC(Cc1cc(Br)cs1)C1CC1. The lowest BCUT2D eigenvalue weighted by molar-refractivity contribution is 0.462. The number of hydrogen-bond acceptors (Lipinski definition) is 2. The Labute approximate surface area is 104 Å². The third-order valence-corrected chi connectivity index (χ3v) is 4.61. The summed E-state index contributed by atoms with van der Waals surface area (Å²) in [5, 5.41) is 5.86. The van der Waals surface area contributed by atoms with Gasteiger partial charge in [-0.15, -0.1) is 11.3 Å². The Morgan fingerprint density at radius 3 is 2.93 bits per heavy atom. The molecule has 1 saturated carbocycles. The summed E-state index contributed by atoms with van der Waals surface area (Å²) < 4.78 is 1.23. The predicted octanol–water partition coefficient (Wildman–Crippen LogP) is 3.83. The van der Waals surface area contributed by atoms with Gasteiger partial charge in [0.05, 0.1) is 0 Å². The summed E-state index contributed by atoms with van der Waals surface area (Å²) in [7, 11) is 0. The minimum atomic E-state index is 0.718. The average Bonchev–Trinajstić information content (AvgIpc) is 2.98. The van der Waals surface area contributed by atoms with E-state index in [2.05, 4.69) is 39.6 Å². The molecule has 2 rings (SSSR count). The fourth-order valence-corrected chi connectivity index (χ4v) is 3.42. The second-order valence-corrected chi connectivity index (χ2v) is 6.24. The third-order valence-electron chi connectivity index (χ3n) is 2.89. The maximum absolute atomic E-state index is 3.68. The molecule has 1 heterocycles. The minimum absolute atomic E-state index is 0.718. The van der Waals surface area contributed by atoms with Crippen LogP contribution in [0.2, 0.25) is 0 Å². The molecule has 1 nitrogen and oxygen atoms in total. The van der Waals surface area contributed by atoms with E-state index in [-0.39, 0.29) is 0 Å². The van der Waals surface area contributed by atoms with Crippen LogP contribution in [0.1, 0.15) is 31.1 Å². The van der Waals surface area contributed by atoms with Gasteiger partial charge in [-0.3, -0.25) is 0 Å². The molecule has 3 heteroatoms. The van der Waals surface area contributed by atoms with Crippen molar-refractivity contribution in [3.63, 3.8) is 0 Å². The van der Waals surface area contributed by atoms with E-state index in [1.165, 1.54) is 35.0 Å². The fraction of sp³-hybridized carbons (Fsp3) is 0.667. The molecule has 1 unspecified atom stereocenters. The van der Waals surface area contributed by atoms with Crippen molar-refractivity contribution in [1.82, 2.24) is 5.32 Å². The van der Waals surface area contributed by atoms with Gasteiger partial charge in [-0.25, -0.2) is 0 Å². The van der Waals surface area contributed by atoms with E-state index in [4.69, 9.17) is 0 Å². The topological polar surface area (TPSA) is 12.0 Å². The number of hydrogen-bond donors (Lipinski definition) is 1. The van der Waals surface area contributed by atoms with Crippen LogP contribution in [0.15, 0.2) is 15.9 Å². The molecular weight excluding hydrogens is 270 g/mol. The van der Waals surface area contributed by atoms with Crippen molar-refractivity contribution in [2.45, 2.75) is 38.6 Å². The monoisotopic (exact) mass is 287 g/mol. The molecule has 1 atom stereocenters. The van der Waals surface area contributed by atoms with E-state index >= 15 is 0 Å². The van der Waals surface area contributed by atoms with Crippen LogP contribution < -0.4 is 5.32 Å². The largest absolute Gasteiger partial charge is 0.313 e. The van der Waals surface area contributed by atoms with Gasteiger partial charge in [-0.1, -0.05) is 6.92 Å². The number of halogens is 1. The summed E-state index contributed by atoms with van der Waals surface area (Å²) in [6, 6.07) is 2.98. The Balaban J connectivity index is 1.88. The number of thiophene rings is 1. The molecule has 84 valence electrons. The summed E-state index contributed by atoms with van der Waals surface area (Å²) >= 11 is 5.39. The lowest BCUT2D eigenvalue weighted by Crippen LogP contribution is -2.33. The average molecular weight is 288 g/mol. The zero-order valence-corrected chi connectivity index (χ0v) is 11.5. The van der Waals surface area contributed by atoms with Gasteiger partial charge in [0, 0.05) is 20.8 Å². The Kier molecular flexibility index (Phi) is 4.23. The first-order chi connectivity index (χ1) is 7.29. The Hall–Kier alpha value is 0.140. The molecule has 0 spiro atoms. The molecule has 0 aromatic carbocycles. The molecule has 0 saturated heterocycles. The zero-order chi connectivity index (χ0) is 10.7. The van der Waals surface area contributed by atoms with Crippen LogP contribution in [-0.2, 0) is 6.42 Å². The van der Waals surface area contributed by atoms with Crippen LogP contribution in [0, 0.1) is 5.92 Å². The summed E-state index contributed by atoms with van der Waals surface area (Å²) in [5.41, 5.74) is 0. The minimum Gasteiger partial charge on any atom is -0.313 e. The van der Waals surface area contributed by atoms with Gasteiger partial charge in [0.1, 0.15) is 0 Å². The number of nitrogens with one attached hydrogen (secondary N) is 1. The van der Waals surface area contributed by atoms with Crippen LogP contribution in [0.5, 0.6) is 0 Å². The lowest BCUT2D eigenvalue weighted by Gasteiger charge is -2.16. The van der Waals surface area contributed by atoms with Crippen LogP contribution in [0.25, 0.3) is 0 Å². The van der Waals surface area contributed by atoms with Crippen molar-refractivity contribution in [3.8, 4) is 0 Å². The van der Waals surface area contributed by atoms with Crippen molar-refractivity contribution in [3.05, 3.63) is 20.8 Å². The summed E-state index contributed by atoms with van der Waals surface area (Å²) in [4.78, 5) is 1.50. The smallest absolute Gasteiger partial charge is 0.0285 e. The number of rotatable bonds is 6. The first-order valence-corrected chi connectivity index (χ1v) is 7.43. The highest BCUT2D eigenvalue weighted by Gasteiger charge is 2.30. The second-order valence-electron chi connectivity index (χ2n) is 4.33. The normalized spacial score (nSPS) is 18.0. The molecule has 0 radical (unpaired) electrons. The highest BCUT2D eigenvalue weighted by molar-refractivity contribution is 9.10. The van der Waals surface area contributed by atoms with Crippen molar-refractivity contribution < 1.29 is 0 Å². The van der Waals surface area contributed by atoms with E-state index in [1.54, 1.807) is 0 Å². The van der Waals surface area contributed by atoms with Crippen LogP contribution in [0.3, 0.4) is 0 Å². The standard InChI is InChI=1S/C12H18BrNS/c1-2-5-14-12(9-3-4-9)7-11-6-10(13)8-15-11/h6,8-9,12,14H,2-5,7H2,1H3. The first-order valence-electron chi connectivity index (χ1n) is 5.76. The van der Waals surface area contributed by atoms with Crippen LogP contribution in [0.4, 0.5) is 0 Å². The molecule has 0 bridgehead atoms. The van der Waals surface area contributed by atoms with E-state index in [1.807, 2.05) is 11.3 Å². The van der Waals surface area contributed by atoms with Crippen molar-refractivity contribution in [2.75, 3.05) is 6.54 Å². The summed E-state index contributed by atoms with van der Waals surface area (Å²) in [6.45, 7) is 3.40. The van der Waals surface area contributed by atoms with Crippen molar-refractivity contribution in [1.29, 1.82) is 0 Å². The molecule has 1 aliphatic rings. The van der Waals surface area contributed by atoms with E-state index in [0.29, 0.717) is 0 Å². The molecule has 0 amide bonds. The van der Waals surface area contributed by atoms with Gasteiger partial charge in [0.2, 0.25) is 0 Å². The quantitative estimate of drug-likeness (QED) is 0.839. The second kappa shape index (κ2) is 5.46. The maximum atomic E-state index is 3.68. The Morgan fingerprint density at radius 1 is 1.60 bits per heavy atom. The van der Waals surface area contributed by atoms with E-state index < -0.39 is 0 Å². The highest BCUT2D eigenvalue weighted by Crippen LogP contribution is 2.35. The van der Waals surface area contributed by atoms with Gasteiger partial charge < -0.3 is 5.32 Å². The van der Waals surface area contributed by atoms with Gasteiger partial charge in [0.25, 0.3) is 0 Å². The van der Waals surface area contributed by atoms with E-state index in [9.17, 15) is 0 Å². The van der Waals surface area contributed by atoms with Gasteiger partial charge in [0.15, 0.2) is 0 Å². The molecule has 0 aliphatic heterocycles. The highest BCUT2D eigenvalue weighted by atomic mass is 79.9. The first kappa shape index (κ1) is 11.6. The molecule has 15 heavy (non-hydrogen) atoms. The maximum Gasteiger partial charge on any atom is 0.0285 e. The predicted molar refractivity (Wildman–Crippen MR) is 70.5 cm³/mol.